The molecular weight excluding hydrogens is 316 g/mol. The van der Waals surface area contributed by atoms with Crippen LogP contribution in [0.5, 0.6) is 0 Å². The fourth-order valence-corrected chi connectivity index (χ4v) is 1.97. The largest absolute Gasteiger partial charge is 0.591 e. The zero-order valence-electron chi connectivity index (χ0n) is 12.6. The van der Waals surface area contributed by atoms with E-state index in [4.69, 9.17) is 5.11 Å². The summed E-state index contributed by atoms with van der Waals surface area (Å²) in [6.45, 7) is 6.65. The highest BCUT2D eigenvalue weighted by molar-refractivity contribution is 7.91. The molecule has 2 N–H and O–H groups in total. The molecule has 1 aromatic rings. The summed E-state index contributed by atoms with van der Waals surface area (Å²) in [7, 11) is 0. The Balaban J connectivity index is 3.24. The van der Waals surface area contributed by atoms with Gasteiger partial charge in [-0.05, 0) is 39.8 Å². The van der Waals surface area contributed by atoms with Gasteiger partial charge in [0.15, 0.2) is 0 Å². The molecule has 6 nitrogen and oxygen atoms in total. The first-order valence-corrected chi connectivity index (χ1v) is 7.39. The van der Waals surface area contributed by atoms with Crippen molar-refractivity contribution in [3.8, 4) is 0 Å². The lowest BCUT2D eigenvalue weighted by Crippen LogP contribution is -2.27. The fraction of sp³-hybridized carbons (Fsp3) is 0.462. The van der Waals surface area contributed by atoms with Crippen molar-refractivity contribution in [2.75, 3.05) is 5.32 Å². The van der Waals surface area contributed by atoms with E-state index in [0.717, 1.165) is 6.07 Å². The summed E-state index contributed by atoms with van der Waals surface area (Å²) < 4.78 is 41.0. The van der Waals surface area contributed by atoms with Crippen molar-refractivity contribution in [2.24, 2.45) is 4.40 Å². The molecule has 1 heterocycles. The highest BCUT2D eigenvalue weighted by atomic mass is 32.2. The third-order valence-electron chi connectivity index (χ3n) is 2.43. The Hall–Kier alpha value is -1.74. The van der Waals surface area contributed by atoms with Crippen LogP contribution in [0.3, 0.4) is 0 Å². The van der Waals surface area contributed by atoms with Gasteiger partial charge in [0.1, 0.15) is 27.5 Å². The van der Waals surface area contributed by atoms with Crippen LogP contribution in [0.25, 0.3) is 0 Å². The summed E-state index contributed by atoms with van der Waals surface area (Å²) in [5.74, 6) is 0. The molecular formula is C13H17F2N3O3S. The van der Waals surface area contributed by atoms with Crippen LogP contribution in [-0.4, -0.2) is 31.2 Å². The Kier molecular flexibility index (Phi) is 5.84. The minimum absolute atomic E-state index is 0.0409. The molecule has 0 spiro atoms. The molecule has 1 amide bonds. The monoisotopic (exact) mass is 333 g/mol. The van der Waals surface area contributed by atoms with Gasteiger partial charge in [-0.15, -0.1) is 0 Å². The summed E-state index contributed by atoms with van der Waals surface area (Å²) >= 11 is -1.58. The molecule has 0 radical (unpaired) electrons. The number of alkyl halides is 2. The number of carboxylic acid groups (broad SMARTS) is 1. The van der Waals surface area contributed by atoms with Gasteiger partial charge in [0.25, 0.3) is 6.43 Å². The van der Waals surface area contributed by atoms with Crippen LogP contribution < -0.4 is 5.32 Å². The van der Waals surface area contributed by atoms with E-state index in [2.05, 4.69) is 9.38 Å². The molecule has 0 aromatic carbocycles. The Labute approximate surface area is 130 Å². The smallest absolute Gasteiger partial charge is 0.409 e. The zero-order valence-corrected chi connectivity index (χ0v) is 13.4. The second-order valence-electron chi connectivity index (χ2n) is 5.44. The molecule has 22 heavy (non-hydrogen) atoms. The molecule has 1 rings (SSSR count). The van der Waals surface area contributed by atoms with Crippen LogP contribution in [0.1, 0.15) is 45.5 Å². The molecule has 0 saturated carbocycles. The van der Waals surface area contributed by atoms with Crippen molar-refractivity contribution in [2.45, 2.75) is 38.9 Å². The van der Waals surface area contributed by atoms with Crippen LogP contribution in [-0.2, 0) is 11.4 Å². The van der Waals surface area contributed by atoms with Crippen LogP contribution in [0.2, 0.25) is 0 Å². The summed E-state index contributed by atoms with van der Waals surface area (Å²) in [6.07, 6.45) is -4.25. The number of amides is 1. The summed E-state index contributed by atoms with van der Waals surface area (Å²) in [4.78, 5) is 14.4. The maximum atomic E-state index is 12.8. The lowest BCUT2D eigenvalue weighted by molar-refractivity contribution is 0.146. The summed E-state index contributed by atoms with van der Waals surface area (Å²) in [6, 6.07) is 2.20. The van der Waals surface area contributed by atoms with Gasteiger partial charge in [-0.1, -0.05) is 4.40 Å². The quantitative estimate of drug-likeness (QED) is 0.652. The van der Waals surface area contributed by atoms with Crippen LogP contribution >= 0.6 is 0 Å². The summed E-state index contributed by atoms with van der Waals surface area (Å²) in [5.41, 5.74) is -0.412. The fourth-order valence-electron chi connectivity index (χ4n) is 1.35. The second kappa shape index (κ2) is 7.01. The maximum absolute atomic E-state index is 12.8. The molecule has 0 bridgehead atoms. The average Bonchev–Trinajstić information content (AvgIpc) is 2.36. The third-order valence-corrected chi connectivity index (χ3v) is 3.92. The van der Waals surface area contributed by atoms with Crippen LogP contribution in [0.15, 0.2) is 16.5 Å². The van der Waals surface area contributed by atoms with Gasteiger partial charge >= 0.3 is 6.09 Å². The van der Waals surface area contributed by atoms with E-state index in [9.17, 15) is 18.1 Å². The van der Waals surface area contributed by atoms with Crippen LogP contribution in [0.4, 0.5) is 19.3 Å². The number of hydrogen-bond donors (Lipinski definition) is 2. The van der Waals surface area contributed by atoms with Crippen molar-refractivity contribution in [1.29, 1.82) is 0 Å². The number of aromatic nitrogens is 1. The number of rotatable bonds is 4. The number of pyridine rings is 1. The molecule has 1 aromatic heterocycles. The SMILES string of the molecule is C/C(=N/[S+]([O-])C(C)(C)C)c1cc(NC(=O)O)cc(C(F)F)n1. The topological polar surface area (TPSA) is 97.6 Å². The van der Waals surface area contributed by atoms with E-state index in [1.807, 2.05) is 5.32 Å². The molecule has 9 heteroatoms. The van der Waals surface area contributed by atoms with E-state index in [1.54, 1.807) is 20.8 Å². The number of anilines is 1. The number of nitrogens with one attached hydrogen (secondary N) is 1. The molecule has 0 aliphatic rings. The number of hydrogen-bond acceptors (Lipinski definition) is 4. The van der Waals surface area contributed by atoms with Crippen LogP contribution in [0, 0.1) is 0 Å². The highest BCUT2D eigenvalue weighted by Crippen LogP contribution is 2.23. The molecule has 1 unspecified atom stereocenters. The van der Waals surface area contributed by atoms with Gasteiger partial charge in [0.05, 0.1) is 5.69 Å². The van der Waals surface area contributed by atoms with Gasteiger partial charge in [-0.3, -0.25) is 5.32 Å². The lowest BCUT2D eigenvalue weighted by atomic mass is 10.2. The number of nitrogens with zero attached hydrogens (tertiary/aromatic N) is 2. The highest BCUT2D eigenvalue weighted by Gasteiger charge is 2.27. The zero-order chi connectivity index (χ0) is 17.1. The van der Waals surface area contributed by atoms with E-state index in [1.165, 1.54) is 13.0 Å². The van der Waals surface area contributed by atoms with Gasteiger partial charge < -0.3 is 9.66 Å². The molecule has 0 fully saturated rings. The number of halogens is 2. The Morgan fingerprint density at radius 3 is 2.50 bits per heavy atom. The van der Waals surface area contributed by atoms with Crippen molar-refractivity contribution in [3.05, 3.63) is 23.5 Å². The molecule has 122 valence electrons. The van der Waals surface area contributed by atoms with E-state index < -0.39 is 34.3 Å². The molecule has 0 aliphatic heterocycles. The van der Waals surface area contributed by atoms with Gasteiger partial charge in [-0.2, -0.15) is 0 Å². The van der Waals surface area contributed by atoms with Crippen molar-refractivity contribution in [1.82, 2.24) is 4.98 Å². The maximum Gasteiger partial charge on any atom is 0.409 e. The normalized spacial score (nSPS) is 14.1. The van der Waals surface area contributed by atoms with E-state index in [-0.39, 0.29) is 17.1 Å². The first-order valence-electron chi connectivity index (χ1n) is 6.28. The van der Waals surface area contributed by atoms with Gasteiger partial charge in [-0.25, -0.2) is 18.6 Å². The van der Waals surface area contributed by atoms with Gasteiger partial charge in [0.2, 0.25) is 0 Å². The minimum Gasteiger partial charge on any atom is -0.591 e. The van der Waals surface area contributed by atoms with E-state index >= 15 is 0 Å². The third kappa shape index (κ3) is 5.23. The Morgan fingerprint density at radius 2 is 2.05 bits per heavy atom. The summed E-state index contributed by atoms with van der Waals surface area (Å²) in [5, 5.41) is 10.7. The van der Waals surface area contributed by atoms with E-state index in [0.29, 0.717) is 0 Å². The average molecular weight is 333 g/mol. The molecule has 0 aliphatic carbocycles. The second-order valence-corrected chi connectivity index (χ2v) is 7.34. The Morgan fingerprint density at radius 1 is 1.45 bits per heavy atom. The number of carbonyl (C=O) groups is 1. The minimum atomic E-state index is -2.87. The van der Waals surface area contributed by atoms with Crippen molar-refractivity contribution >= 4 is 28.9 Å². The molecule has 1 atom stereocenters. The predicted molar refractivity (Wildman–Crippen MR) is 80.9 cm³/mol. The van der Waals surface area contributed by atoms with Crippen molar-refractivity contribution < 1.29 is 23.2 Å². The first kappa shape index (κ1) is 18.3. The first-order chi connectivity index (χ1) is 10.0. The lowest BCUT2D eigenvalue weighted by Gasteiger charge is -2.18. The van der Waals surface area contributed by atoms with Gasteiger partial charge in [0, 0.05) is 5.69 Å². The van der Waals surface area contributed by atoms with Crippen molar-refractivity contribution in [3.63, 3.8) is 0 Å². The predicted octanol–water partition coefficient (Wildman–Crippen LogP) is 3.38. The Bertz CT molecular complexity index is 588. The molecule has 0 saturated heterocycles. The standard InChI is InChI=1S/C13H17F2N3O3S/c1-7(18-22(21)13(2,3)4)9-5-8(16-12(19)20)6-10(17-9)11(14)15/h5-6,11H,1-4H3,(H,16,17)(H,19,20)/b18-7-.